The first-order valence-electron chi connectivity index (χ1n) is 7.23. The summed E-state index contributed by atoms with van der Waals surface area (Å²) >= 11 is 2.39. The number of unbranched alkanes of at least 4 members (excludes halogenated alkanes) is 1. The van der Waals surface area contributed by atoms with Crippen LogP contribution in [0.5, 0.6) is 0 Å². The van der Waals surface area contributed by atoms with Gasteiger partial charge in [0, 0.05) is 3.57 Å². The van der Waals surface area contributed by atoms with Crippen LogP contribution in [-0.2, 0) is 6.42 Å². The Balaban J connectivity index is 2.20. The molecular weight excluding hydrogens is 357 g/mol. The van der Waals surface area contributed by atoms with E-state index in [1.807, 2.05) is 0 Å². The summed E-state index contributed by atoms with van der Waals surface area (Å²) in [6.45, 7) is 4.36. The number of nitrogens with two attached hydrogens (primary N) is 1. The second-order valence-corrected chi connectivity index (χ2v) is 6.38. The molecule has 2 aromatic rings. The van der Waals surface area contributed by atoms with Crippen LogP contribution in [0.4, 0.5) is 0 Å². The molecule has 2 heteroatoms. The van der Waals surface area contributed by atoms with Gasteiger partial charge in [-0.15, -0.1) is 0 Å². The monoisotopic (exact) mass is 379 g/mol. The largest absolute Gasteiger partial charge is 0.320 e. The van der Waals surface area contributed by atoms with Crippen LogP contribution < -0.4 is 5.73 Å². The molecule has 1 nitrogen and oxygen atoms in total. The highest BCUT2D eigenvalue weighted by Crippen LogP contribution is 2.26. The molecule has 2 N–H and O–H groups in total. The predicted molar refractivity (Wildman–Crippen MR) is 95.0 cm³/mol. The average molecular weight is 379 g/mol. The highest BCUT2D eigenvalue weighted by Gasteiger charge is 2.13. The van der Waals surface area contributed by atoms with Gasteiger partial charge in [0.15, 0.2) is 0 Å². The summed E-state index contributed by atoms with van der Waals surface area (Å²) in [5.41, 5.74) is 11.5. The number of aryl methyl sites for hydroxylation is 2. The second kappa shape index (κ2) is 7.23. The highest BCUT2D eigenvalue weighted by atomic mass is 127. The summed E-state index contributed by atoms with van der Waals surface area (Å²) in [4.78, 5) is 0. The van der Waals surface area contributed by atoms with E-state index in [0.29, 0.717) is 0 Å². The van der Waals surface area contributed by atoms with Crippen molar-refractivity contribution in [3.8, 4) is 0 Å². The van der Waals surface area contributed by atoms with Crippen molar-refractivity contribution in [2.24, 2.45) is 5.73 Å². The van der Waals surface area contributed by atoms with Gasteiger partial charge in [-0.25, -0.2) is 0 Å². The Morgan fingerprint density at radius 2 is 1.80 bits per heavy atom. The van der Waals surface area contributed by atoms with Gasteiger partial charge in [0.2, 0.25) is 0 Å². The Morgan fingerprint density at radius 3 is 2.45 bits per heavy atom. The maximum absolute atomic E-state index is 6.43. The van der Waals surface area contributed by atoms with Gasteiger partial charge < -0.3 is 5.73 Å². The van der Waals surface area contributed by atoms with Crippen LogP contribution in [0.2, 0.25) is 0 Å². The van der Waals surface area contributed by atoms with E-state index in [-0.39, 0.29) is 6.04 Å². The van der Waals surface area contributed by atoms with Crippen LogP contribution in [-0.4, -0.2) is 0 Å². The van der Waals surface area contributed by atoms with Crippen molar-refractivity contribution in [1.82, 2.24) is 0 Å². The zero-order valence-corrected chi connectivity index (χ0v) is 14.4. The van der Waals surface area contributed by atoms with Crippen molar-refractivity contribution in [2.45, 2.75) is 39.2 Å². The number of hydrogen-bond donors (Lipinski definition) is 1. The van der Waals surface area contributed by atoms with Crippen LogP contribution in [0, 0.1) is 10.5 Å². The van der Waals surface area contributed by atoms with Crippen LogP contribution in [0.3, 0.4) is 0 Å². The van der Waals surface area contributed by atoms with Crippen LogP contribution in [0.15, 0.2) is 42.5 Å². The van der Waals surface area contributed by atoms with E-state index in [2.05, 4.69) is 78.9 Å². The Kier molecular flexibility index (Phi) is 5.61. The molecule has 0 saturated heterocycles. The number of rotatable bonds is 5. The molecule has 0 aliphatic carbocycles. The highest BCUT2D eigenvalue weighted by molar-refractivity contribution is 14.1. The second-order valence-electron chi connectivity index (χ2n) is 5.30. The molecule has 0 spiro atoms. The van der Waals surface area contributed by atoms with E-state index in [9.17, 15) is 0 Å². The minimum atomic E-state index is -0.0398. The molecule has 0 aromatic heterocycles. The molecule has 2 aromatic carbocycles. The molecule has 1 unspecified atom stereocenters. The van der Waals surface area contributed by atoms with Crippen molar-refractivity contribution < 1.29 is 0 Å². The topological polar surface area (TPSA) is 26.0 Å². The molecule has 0 heterocycles. The van der Waals surface area contributed by atoms with Crippen LogP contribution in [0.25, 0.3) is 0 Å². The molecule has 0 saturated carbocycles. The molecule has 0 bridgehead atoms. The van der Waals surface area contributed by atoms with Gasteiger partial charge in [0.05, 0.1) is 6.04 Å². The molecular formula is C18H22IN. The molecule has 0 fully saturated rings. The summed E-state index contributed by atoms with van der Waals surface area (Å²) < 4.78 is 1.27. The van der Waals surface area contributed by atoms with Gasteiger partial charge in [-0.2, -0.15) is 0 Å². The standard InChI is InChI=1S/C18H22IN/c1-3-4-7-14-9-11-15(12-10-14)18(20)16-8-5-6-13(2)17(16)19/h5-6,8-12,18H,3-4,7,20H2,1-2H3. The number of hydrogen-bond acceptors (Lipinski definition) is 1. The Morgan fingerprint density at radius 1 is 1.10 bits per heavy atom. The van der Waals surface area contributed by atoms with Crippen molar-refractivity contribution in [1.29, 1.82) is 0 Å². The molecule has 0 aliphatic heterocycles. The quantitative estimate of drug-likeness (QED) is 0.728. The minimum absolute atomic E-state index is 0.0398. The van der Waals surface area contributed by atoms with E-state index >= 15 is 0 Å². The lowest BCUT2D eigenvalue weighted by Crippen LogP contribution is -2.13. The van der Waals surface area contributed by atoms with Crippen LogP contribution in [0.1, 0.15) is 48.1 Å². The van der Waals surface area contributed by atoms with Crippen molar-refractivity contribution in [3.05, 3.63) is 68.3 Å². The molecule has 0 aliphatic rings. The minimum Gasteiger partial charge on any atom is -0.320 e. The first kappa shape index (κ1) is 15.5. The summed E-state index contributed by atoms with van der Waals surface area (Å²) in [6, 6.07) is 15.1. The fraction of sp³-hybridized carbons (Fsp3) is 0.333. The normalized spacial score (nSPS) is 12.4. The SMILES string of the molecule is CCCCc1ccc(C(N)c2cccc(C)c2I)cc1. The lowest BCUT2D eigenvalue weighted by Gasteiger charge is -2.16. The Labute approximate surface area is 135 Å². The van der Waals surface area contributed by atoms with Crippen molar-refractivity contribution in [2.75, 3.05) is 0 Å². The fourth-order valence-corrected chi connectivity index (χ4v) is 3.06. The van der Waals surface area contributed by atoms with Gasteiger partial charge in [0.1, 0.15) is 0 Å². The van der Waals surface area contributed by atoms with Gasteiger partial charge in [0.25, 0.3) is 0 Å². The molecule has 0 radical (unpaired) electrons. The van der Waals surface area contributed by atoms with Crippen molar-refractivity contribution >= 4 is 22.6 Å². The maximum Gasteiger partial charge on any atom is 0.0562 e. The molecule has 2 rings (SSSR count). The third-order valence-electron chi connectivity index (χ3n) is 3.71. The van der Waals surface area contributed by atoms with E-state index in [1.54, 1.807) is 0 Å². The maximum atomic E-state index is 6.43. The lowest BCUT2D eigenvalue weighted by atomic mass is 9.96. The average Bonchev–Trinajstić information content (AvgIpc) is 2.48. The number of benzene rings is 2. The van der Waals surface area contributed by atoms with Gasteiger partial charge in [-0.1, -0.05) is 55.8 Å². The first-order valence-corrected chi connectivity index (χ1v) is 8.30. The first-order chi connectivity index (χ1) is 9.63. The van der Waals surface area contributed by atoms with E-state index in [4.69, 9.17) is 5.73 Å². The lowest BCUT2D eigenvalue weighted by molar-refractivity contribution is 0.793. The van der Waals surface area contributed by atoms with E-state index in [1.165, 1.54) is 38.7 Å². The summed E-state index contributed by atoms with van der Waals surface area (Å²) in [5, 5.41) is 0. The molecule has 20 heavy (non-hydrogen) atoms. The van der Waals surface area contributed by atoms with Gasteiger partial charge in [-0.3, -0.25) is 0 Å². The zero-order valence-electron chi connectivity index (χ0n) is 12.2. The molecule has 106 valence electrons. The Hall–Kier alpha value is -0.870. The van der Waals surface area contributed by atoms with E-state index in [0.717, 1.165) is 6.42 Å². The molecule has 0 amide bonds. The Bertz CT molecular complexity index is 560. The fourth-order valence-electron chi connectivity index (χ4n) is 2.36. The third kappa shape index (κ3) is 3.61. The summed E-state index contributed by atoms with van der Waals surface area (Å²) in [5.74, 6) is 0. The summed E-state index contributed by atoms with van der Waals surface area (Å²) in [7, 11) is 0. The third-order valence-corrected chi connectivity index (χ3v) is 5.19. The molecule has 1 atom stereocenters. The summed E-state index contributed by atoms with van der Waals surface area (Å²) in [6.07, 6.45) is 3.65. The van der Waals surface area contributed by atoms with E-state index < -0.39 is 0 Å². The zero-order chi connectivity index (χ0) is 14.5. The van der Waals surface area contributed by atoms with Gasteiger partial charge >= 0.3 is 0 Å². The smallest absolute Gasteiger partial charge is 0.0562 e. The van der Waals surface area contributed by atoms with Gasteiger partial charge in [-0.05, 0) is 64.6 Å². The van der Waals surface area contributed by atoms with Crippen LogP contribution >= 0.6 is 22.6 Å². The predicted octanol–water partition coefficient (Wildman–Crippen LogP) is 4.99. The van der Waals surface area contributed by atoms with Crippen molar-refractivity contribution in [3.63, 3.8) is 0 Å². The number of halogens is 1.